The van der Waals surface area contributed by atoms with E-state index < -0.39 is 12.1 Å². The predicted octanol–water partition coefficient (Wildman–Crippen LogP) is 19.5. The Bertz CT molecular complexity index is 1300. The van der Waals surface area contributed by atoms with Crippen molar-refractivity contribution in [3.8, 4) is 0 Å². The van der Waals surface area contributed by atoms with Crippen LogP contribution in [-0.2, 0) is 4.79 Å². The highest BCUT2D eigenvalue weighted by atomic mass is 16.3. The fourth-order valence-corrected chi connectivity index (χ4v) is 8.37. The van der Waals surface area contributed by atoms with Gasteiger partial charge >= 0.3 is 0 Å². The summed E-state index contributed by atoms with van der Waals surface area (Å²) in [5.41, 5.74) is 0. The number of rotatable bonds is 52. The van der Waals surface area contributed by atoms with E-state index in [0.717, 1.165) is 89.9 Å². The van der Waals surface area contributed by atoms with Crippen molar-refractivity contribution in [3.05, 3.63) is 109 Å². The Morgan fingerprint density at radius 3 is 0.971 bits per heavy atom. The van der Waals surface area contributed by atoms with E-state index in [-0.39, 0.29) is 12.5 Å². The van der Waals surface area contributed by atoms with Gasteiger partial charge in [-0.05, 0) is 83.5 Å². The molecule has 0 spiro atoms. The molecule has 4 heteroatoms. The minimum Gasteiger partial charge on any atom is -0.394 e. The van der Waals surface area contributed by atoms with E-state index in [1.807, 2.05) is 6.08 Å². The molecule has 68 heavy (non-hydrogen) atoms. The van der Waals surface area contributed by atoms with Gasteiger partial charge in [-0.1, -0.05) is 290 Å². The van der Waals surface area contributed by atoms with Crippen LogP contribution in [0.3, 0.4) is 0 Å². The quantitative estimate of drug-likeness (QED) is 0.0420. The summed E-state index contributed by atoms with van der Waals surface area (Å²) in [5, 5.41) is 23.2. The summed E-state index contributed by atoms with van der Waals surface area (Å²) < 4.78 is 0. The number of hydrogen-bond donors (Lipinski definition) is 3. The Morgan fingerprint density at radius 2 is 0.647 bits per heavy atom. The van der Waals surface area contributed by atoms with Crippen LogP contribution >= 0.6 is 0 Å². The van der Waals surface area contributed by atoms with Crippen LogP contribution in [0.5, 0.6) is 0 Å². The second kappa shape index (κ2) is 58.4. The fraction of sp³-hybridized carbons (Fsp3) is 0.703. The lowest BCUT2D eigenvalue weighted by Crippen LogP contribution is -2.45. The third kappa shape index (κ3) is 54.0. The van der Waals surface area contributed by atoms with Crippen molar-refractivity contribution in [2.45, 2.75) is 283 Å². The third-order valence-electron chi connectivity index (χ3n) is 12.8. The maximum Gasteiger partial charge on any atom is 0.220 e. The molecular formula is C64H111NO3. The zero-order chi connectivity index (χ0) is 49.2. The monoisotopic (exact) mass is 942 g/mol. The topological polar surface area (TPSA) is 69.6 Å². The molecule has 0 heterocycles. The van der Waals surface area contributed by atoms with Crippen LogP contribution in [0.2, 0.25) is 0 Å². The number of hydrogen-bond acceptors (Lipinski definition) is 3. The van der Waals surface area contributed by atoms with Crippen LogP contribution in [0.15, 0.2) is 109 Å². The first-order valence-electron chi connectivity index (χ1n) is 29.1. The molecule has 0 fully saturated rings. The van der Waals surface area contributed by atoms with Crippen molar-refractivity contribution < 1.29 is 15.0 Å². The summed E-state index contributed by atoms with van der Waals surface area (Å²) in [6.07, 6.45) is 88.2. The highest BCUT2D eigenvalue weighted by Crippen LogP contribution is 2.16. The van der Waals surface area contributed by atoms with E-state index in [0.29, 0.717) is 6.42 Å². The average Bonchev–Trinajstić information content (AvgIpc) is 3.34. The van der Waals surface area contributed by atoms with Crippen LogP contribution in [0.4, 0.5) is 0 Å². The van der Waals surface area contributed by atoms with Gasteiger partial charge < -0.3 is 15.5 Å². The van der Waals surface area contributed by atoms with Gasteiger partial charge in [-0.25, -0.2) is 0 Å². The number of carbonyl (C=O) groups excluding carboxylic acids is 1. The van der Waals surface area contributed by atoms with Gasteiger partial charge in [0.25, 0.3) is 0 Å². The first kappa shape index (κ1) is 65.0. The van der Waals surface area contributed by atoms with Crippen LogP contribution < -0.4 is 5.32 Å². The molecule has 0 aliphatic heterocycles. The molecule has 0 aromatic carbocycles. The molecule has 0 aliphatic rings. The van der Waals surface area contributed by atoms with Gasteiger partial charge in [0, 0.05) is 6.42 Å². The summed E-state index contributed by atoms with van der Waals surface area (Å²) in [6, 6.07) is -0.635. The van der Waals surface area contributed by atoms with E-state index in [2.05, 4.69) is 116 Å². The zero-order valence-corrected chi connectivity index (χ0v) is 44.8. The Labute approximate surface area is 423 Å². The summed E-state index contributed by atoms with van der Waals surface area (Å²) in [6.45, 7) is 4.20. The average molecular weight is 943 g/mol. The molecule has 0 saturated heterocycles. The van der Waals surface area contributed by atoms with Crippen LogP contribution in [0.25, 0.3) is 0 Å². The molecule has 2 atom stereocenters. The smallest absolute Gasteiger partial charge is 0.220 e. The molecule has 0 aliphatic carbocycles. The van der Waals surface area contributed by atoms with E-state index in [9.17, 15) is 15.0 Å². The maximum absolute atomic E-state index is 12.5. The summed E-state index contributed by atoms with van der Waals surface area (Å²) in [7, 11) is 0. The molecule has 0 radical (unpaired) electrons. The second-order valence-corrected chi connectivity index (χ2v) is 19.3. The highest BCUT2D eigenvalue weighted by molar-refractivity contribution is 5.76. The molecule has 4 nitrogen and oxygen atoms in total. The van der Waals surface area contributed by atoms with Crippen molar-refractivity contribution >= 4 is 5.91 Å². The number of aliphatic hydroxyl groups excluding tert-OH is 2. The minimum absolute atomic E-state index is 0.0747. The number of nitrogens with one attached hydrogen (secondary N) is 1. The van der Waals surface area contributed by atoms with Crippen molar-refractivity contribution in [3.63, 3.8) is 0 Å². The van der Waals surface area contributed by atoms with Gasteiger partial charge in [0.1, 0.15) is 0 Å². The van der Waals surface area contributed by atoms with E-state index in [1.165, 1.54) is 161 Å². The number of allylic oxidation sites excluding steroid dienone is 17. The van der Waals surface area contributed by atoms with Crippen molar-refractivity contribution in [2.24, 2.45) is 0 Å². The lowest BCUT2D eigenvalue weighted by atomic mass is 10.0. The largest absolute Gasteiger partial charge is 0.394 e. The molecule has 2 unspecified atom stereocenters. The summed E-state index contributed by atoms with van der Waals surface area (Å²) in [4.78, 5) is 12.5. The zero-order valence-electron chi connectivity index (χ0n) is 44.8. The second-order valence-electron chi connectivity index (χ2n) is 19.3. The Morgan fingerprint density at radius 1 is 0.368 bits per heavy atom. The van der Waals surface area contributed by atoms with Crippen molar-refractivity contribution in [1.82, 2.24) is 5.32 Å². The molecule has 0 rings (SSSR count). The first-order chi connectivity index (χ1) is 33.7. The van der Waals surface area contributed by atoms with Gasteiger partial charge in [0.05, 0.1) is 18.8 Å². The summed E-state index contributed by atoms with van der Waals surface area (Å²) >= 11 is 0. The fourth-order valence-electron chi connectivity index (χ4n) is 8.37. The normalized spacial score (nSPS) is 13.6. The minimum atomic E-state index is -0.851. The maximum atomic E-state index is 12.5. The van der Waals surface area contributed by atoms with Crippen LogP contribution in [-0.4, -0.2) is 34.9 Å². The van der Waals surface area contributed by atoms with Gasteiger partial charge in [0.2, 0.25) is 5.91 Å². The molecular weight excluding hydrogens is 831 g/mol. The summed E-state index contributed by atoms with van der Waals surface area (Å²) in [5.74, 6) is -0.0747. The highest BCUT2D eigenvalue weighted by Gasteiger charge is 2.18. The third-order valence-corrected chi connectivity index (χ3v) is 12.8. The molecule has 0 bridgehead atoms. The molecule has 0 aromatic heterocycles. The number of aliphatic hydroxyl groups is 2. The molecule has 3 N–H and O–H groups in total. The number of unbranched alkanes of at least 4 members (excludes halogenated alkanes) is 29. The Hall–Kier alpha value is -2.95. The van der Waals surface area contributed by atoms with Crippen molar-refractivity contribution in [1.29, 1.82) is 0 Å². The predicted molar refractivity (Wildman–Crippen MR) is 303 cm³/mol. The van der Waals surface area contributed by atoms with E-state index >= 15 is 0 Å². The van der Waals surface area contributed by atoms with Crippen molar-refractivity contribution in [2.75, 3.05) is 6.61 Å². The first-order valence-corrected chi connectivity index (χ1v) is 29.1. The Kier molecular flexibility index (Phi) is 55.8. The lowest BCUT2D eigenvalue weighted by Gasteiger charge is -2.20. The number of carbonyl (C=O) groups is 1. The van der Waals surface area contributed by atoms with Gasteiger partial charge in [-0.15, -0.1) is 0 Å². The SMILES string of the molecule is CC/C=C\C/C=C\C/C=C\C/C=C\C/C=C\C/C=C\C/C=C\C/C=C\CCCCCCCCCCC(=O)NC(CO)C(O)/C=C/CCCCCCCCCCCCCCCCCCCCCCC. The molecule has 390 valence electrons. The van der Waals surface area contributed by atoms with Gasteiger partial charge in [-0.2, -0.15) is 0 Å². The van der Waals surface area contributed by atoms with Gasteiger partial charge in [-0.3, -0.25) is 4.79 Å². The molecule has 0 saturated carbocycles. The van der Waals surface area contributed by atoms with Crippen LogP contribution in [0.1, 0.15) is 271 Å². The van der Waals surface area contributed by atoms with E-state index in [4.69, 9.17) is 0 Å². The molecule has 0 aromatic rings. The number of amides is 1. The molecule has 1 amide bonds. The standard InChI is InChI=1S/C64H111NO3/c1-3-5-7-9-11-13-15-17-19-21-23-25-27-28-29-30-31-32-33-34-35-36-38-40-42-44-46-48-50-52-54-56-58-60-64(68)65-62(61-66)63(67)59-57-55-53-51-49-47-45-43-41-39-37-26-24-22-20-18-16-14-12-10-8-6-4-2/h5,7,11,13,17,19,23,25,28-29,31-32,34-35,38,40,57,59,62-63,66-67H,3-4,6,8-10,12,14-16,18,20-22,24,26-27,30,33,36-37,39,41-56,58,60-61H2,1-2H3,(H,65,68)/b7-5-,13-11-,19-17-,25-23-,29-28-,32-31-,35-34-,40-38-,59-57+. The Balaban J connectivity index is 3.60. The van der Waals surface area contributed by atoms with E-state index in [1.54, 1.807) is 6.08 Å². The van der Waals surface area contributed by atoms with Gasteiger partial charge in [0.15, 0.2) is 0 Å². The van der Waals surface area contributed by atoms with Crippen LogP contribution in [0, 0.1) is 0 Å². The lowest BCUT2D eigenvalue weighted by molar-refractivity contribution is -0.123.